The van der Waals surface area contributed by atoms with Crippen LogP contribution >= 0.6 is 0 Å². The van der Waals surface area contributed by atoms with Crippen LogP contribution in [0.1, 0.15) is 0 Å². The minimum absolute atomic E-state index is 0. The molecule has 0 radical (unpaired) electrons. The first-order valence-corrected chi connectivity index (χ1v) is 0. The molecule has 0 aliphatic carbocycles. The largest absolute Gasteiger partial charge is 4.00 e. The van der Waals surface area contributed by atoms with Gasteiger partial charge in [0, 0.05) is 0 Å². The van der Waals surface area contributed by atoms with Gasteiger partial charge in [0.05, 0.1) is 0 Å². The van der Waals surface area contributed by atoms with Crippen LogP contribution in [0, 0.1) is 0 Å². The summed E-state index contributed by atoms with van der Waals surface area (Å²) in [6, 6.07) is 0. The summed E-state index contributed by atoms with van der Waals surface area (Å²) in [7, 11) is 0. The van der Waals surface area contributed by atoms with Gasteiger partial charge in [0.25, 0.3) is 0 Å². The van der Waals surface area contributed by atoms with Gasteiger partial charge in [-0.05, 0) is 0 Å². The Morgan fingerprint density at radius 3 is 0.250 bits per heavy atom. The van der Waals surface area contributed by atoms with Crippen LogP contribution in [-0.2, 0) is 0 Å². The fraction of sp³-hybridized carbons (Fsp3) is 0. The van der Waals surface area contributed by atoms with E-state index in [4.69, 9.17) is 0 Å². The third-order valence-corrected chi connectivity index (χ3v) is 0. The summed E-state index contributed by atoms with van der Waals surface area (Å²) in [5, 5.41) is 0. The maximum atomic E-state index is 0. The van der Waals surface area contributed by atoms with Crippen molar-refractivity contribution >= 4 is 43.9 Å². The second-order valence-corrected chi connectivity index (χ2v) is 0. The molecule has 0 unspecified atom stereocenters. The third-order valence-electron chi connectivity index (χ3n) is 0. The molecule has 0 aromatic carbocycles. The van der Waals surface area contributed by atoms with Gasteiger partial charge in [-0.2, -0.15) is 0 Å². The van der Waals surface area contributed by atoms with Gasteiger partial charge in [0.15, 0.2) is 0 Å². The van der Waals surface area contributed by atoms with Crippen molar-refractivity contribution in [3.63, 3.8) is 0 Å². The predicted octanol–water partition coefficient (Wildman–Crippen LogP) is -1.52. The van der Waals surface area contributed by atoms with E-state index >= 15 is 0 Å². The Balaban J connectivity index is 0. The Labute approximate surface area is 44.5 Å². The van der Waals surface area contributed by atoms with E-state index < -0.39 is 0 Å². The Morgan fingerprint density at radius 1 is 0.250 bits per heavy atom. The smallest absolute Gasteiger partial charge is 4.00 e. The normalized spacial score (nSPS) is 0. The Kier molecular flexibility index (Phi) is 1020. The van der Waals surface area contributed by atoms with E-state index in [9.17, 15) is 0 Å². The zero-order chi connectivity index (χ0) is 0. The van der Waals surface area contributed by atoms with Crippen molar-refractivity contribution < 1.29 is 0 Å². The molecule has 0 valence electrons. The Bertz CT molecular complexity index is 0. The number of hydrogen-bond donors (Lipinski definition) is 0. The zero-order valence-electron chi connectivity index (χ0n) is 2.00. The molecule has 0 aliphatic heterocycles. The molecule has 0 aromatic rings. The van der Waals surface area contributed by atoms with Crippen molar-refractivity contribution in [2.45, 2.75) is 0 Å². The van der Waals surface area contributed by atoms with Gasteiger partial charge in [-0.25, -0.2) is 0 Å². The van der Waals surface area contributed by atoms with Crippen molar-refractivity contribution in [1.29, 1.82) is 0 Å². The first-order chi connectivity index (χ1) is 0. The van der Waals surface area contributed by atoms with Crippen molar-refractivity contribution in [2.75, 3.05) is 0 Å². The van der Waals surface area contributed by atoms with Crippen LogP contribution in [0.4, 0.5) is 0 Å². The first kappa shape index (κ1) is 96.7. The van der Waals surface area contributed by atoms with Gasteiger partial charge in [-0.3, -0.25) is 0 Å². The molecule has 0 nitrogen and oxygen atoms in total. The maximum Gasteiger partial charge on any atom is 4.00 e. The maximum absolute atomic E-state index is 0. The molecule has 0 saturated carbocycles. The molecule has 0 aliphatic rings. The molecule has 4 heteroatoms. The van der Waals surface area contributed by atoms with Crippen molar-refractivity contribution in [3.05, 3.63) is 0 Å². The molecule has 0 rings (SSSR count). The molecule has 0 amide bonds. The predicted molar refractivity (Wildman–Crippen MR) is 23.0 cm³/mol. The molecule has 4 heavy (non-hydrogen) atoms. The van der Waals surface area contributed by atoms with Gasteiger partial charge >= 0.3 is 43.9 Å². The minimum atomic E-state index is 0. The molecule has 0 saturated heterocycles. The van der Waals surface area contributed by atoms with Gasteiger partial charge in [-0.1, -0.05) is 0 Å². The summed E-state index contributed by atoms with van der Waals surface area (Å²) < 4.78 is 0. The summed E-state index contributed by atoms with van der Waals surface area (Å²) >= 11 is 0. The molecule has 0 spiro atoms. The van der Waals surface area contributed by atoms with Gasteiger partial charge in [0.2, 0.25) is 0 Å². The molecule has 0 heterocycles. The van der Waals surface area contributed by atoms with Crippen LogP contribution in [0.5, 0.6) is 0 Å². The summed E-state index contributed by atoms with van der Waals surface area (Å²) in [5.74, 6) is 0. The molecule has 0 fully saturated rings. The first-order valence-electron chi connectivity index (χ1n) is 0. The summed E-state index contributed by atoms with van der Waals surface area (Å²) in [6.45, 7) is 0. The minimum Gasteiger partial charge on any atom is 4.00 e. The average Bonchev–Trinajstić information content (AvgIpc) is 0. The van der Waals surface area contributed by atoms with Gasteiger partial charge in [-0.15, -0.1) is 0 Å². The van der Waals surface area contributed by atoms with Crippen LogP contribution in [0.2, 0.25) is 0 Å². The van der Waals surface area contributed by atoms with E-state index in [0.717, 1.165) is 0 Å². The van der Waals surface area contributed by atoms with E-state index in [1.807, 2.05) is 0 Å². The van der Waals surface area contributed by atoms with E-state index in [-0.39, 0.29) is 43.9 Å². The number of rotatable bonds is 0. The van der Waals surface area contributed by atoms with Gasteiger partial charge < -0.3 is 0 Å². The van der Waals surface area contributed by atoms with Crippen molar-refractivity contribution in [1.82, 2.24) is 0 Å². The monoisotopic (exact) mass is 112 g/mol. The Hall–Kier alpha value is 0.868. The molecule has 0 aromatic heterocycles. The van der Waals surface area contributed by atoms with E-state index in [2.05, 4.69) is 0 Å². The zero-order valence-corrected chi connectivity index (χ0v) is 6.00. The summed E-state index contributed by atoms with van der Waals surface area (Å²) in [6.07, 6.45) is 0. The van der Waals surface area contributed by atoms with E-state index in [1.54, 1.807) is 0 Å². The van der Waals surface area contributed by atoms with Crippen LogP contribution in [-0.4, -0.2) is 43.9 Å². The fourth-order valence-corrected chi connectivity index (χ4v) is 0. The van der Waals surface area contributed by atoms with Crippen LogP contribution in [0.15, 0.2) is 0 Å². The van der Waals surface area contributed by atoms with Crippen LogP contribution < -0.4 is 0 Å². The van der Waals surface area contributed by atoms with Crippen LogP contribution in [0.25, 0.3) is 0 Å². The number of hydrogen-bond acceptors (Lipinski definition) is 0. The summed E-state index contributed by atoms with van der Waals surface area (Å²) in [5.41, 5.74) is 0. The molecule has 0 atom stereocenters. The van der Waals surface area contributed by atoms with Crippen molar-refractivity contribution in [2.24, 2.45) is 0 Å². The third kappa shape index (κ3) is 13.3. The average molecular weight is 112 g/mol. The van der Waals surface area contributed by atoms with E-state index in [1.165, 1.54) is 0 Å². The SMILES string of the molecule is [Si+4].[Si+4].[Si+4].[Si+4]. The molecular weight excluding hydrogens is 112 g/mol. The standard InChI is InChI=1S/4Si/q4*+4. The fourth-order valence-electron chi connectivity index (χ4n) is 0. The van der Waals surface area contributed by atoms with Gasteiger partial charge in [0.1, 0.15) is 0 Å². The topological polar surface area (TPSA) is 0 Å². The quantitative estimate of drug-likeness (QED) is 0.334. The Morgan fingerprint density at radius 2 is 0.250 bits per heavy atom. The van der Waals surface area contributed by atoms with E-state index in [0.29, 0.717) is 0 Å². The summed E-state index contributed by atoms with van der Waals surface area (Å²) in [4.78, 5) is 0. The van der Waals surface area contributed by atoms with Crippen LogP contribution in [0.3, 0.4) is 0 Å². The second kappa shape index (κ2) is 42.3. The molecule has 0 N–H and O–H groups in total. The molecular formula is Si4+16. The second-order valence-electron chi connectivity index (χ2n) is 0. The molecule has 0 bridgehead atoms. The van der Waals surface area contributed by atoms with Crippen molar-refractivity contribution in [3.8, 4) is 0 Å².